The van der Waals surface area contributed by atoms with Crippen LogP contribution in [0.5, 0.6) is 0 Å². The van der Waals surface area contributed by atoms with Crippen molar-refractivity contribution in [2.75, 3.05) is 0 Å². The Morgan fingerprint density at radius 1 is 0.700 bits per heavy atom. The van der Waals surface area contributed by atoms with E-state index in [1.807, 2.05) is 42.5 Å². The molecule has 0 radical (unpaired) electrons. The van der Waals surface area contributed by atoms with Gasteiger partial charge in [0.15, 0.2) is 5.58 Å². The van der Waals surface area contributed by atoms with Gasteiger partial charge in [-0.2, -0.15) is 0 Å². The van der Waals surface area contributed by atoms with Crippen molar-refractivity contribution in [2.24, 2.45) is 0 Å². The maximum Gasteiger partial charge on any atom is 0.153 e. The zero-order valence-corrected chi connectivity index (χ0v) is 11.4. The van der Waals surface area contributed by atoms with Crippen molar-refractivity contribution in [1.29, 1.82) is 0 Å². The van der Waals surface area contributed by atoms with Crippen LogP contribution in [0.2, 0.25) is 5.02 Å². The fraction of sp³-hybridized carbons (Fsp3) is 0. The van der Waals surface area contributed by atoms with Gasteiger partial charge >= 0.3 is 0 Å². The van der Waals surface area contributed by atoms with Crippen LogP contribution < -0.4 is 0 Å². The smallest absolute Gasteiger partial charge is 0.153 e. The molecule has 0 saturated heterocycles. The number of para-hydroxylation sites is 1. The zero-order chi connectivity index (χ0) is 13.5. The summed E-state index contributed by atoms with van der Waals surface area (Å²) in [7, 11) is 0. The summed E-state index contributed by atoms with van der Waals surface area (Å²) < 4.78 is 5.84. The van der Waals surface area contributed by atoms with Crippen molar-refractivity contribution in [3.8, 4) is 11.1 Å². The SMILES string of the molecule is Clc1cccc2c1oc1ccc(-c3ccccc3)cc12. The van der Waals surface area contributed by atoms with Gasteiger partial charge in [-0.1, -0.05) is 60.1 Å². The number of rotatable bonds is 1. The van der Waals surface area contributed by atoms with Gasteiger partial charge < -0.3 is 4.42 Å². The molecular weight excluding hydrogens is 268 g/mol. The van der Waals surface area contributed by atoms with Crippen molar-refractivity contribution < 1.29 is 4.42 Å². The molecule has 0 aliphatic carbocycles. The highest BCUT2D eigenvalue weighted by Crippen LogP contribution is 2.35. The maximum atomic E-state index is 6.19. The van der Waals surface area contributed by atoms with Crippen molar-refractivity contribution >= 4 is 33.5 Å². The Morgan fingerprint density at radius 3 is 2.40 bits per heavy atom. The van der Waals surface area contributed by atoms with E-state index in [9.17, 15) is 0 Å². The van der Waals surface area contributed by atoms with Crippen molar-refractivity contribution in [1.82, 2.24) is 0 Å². The first-order valence-electron chi connectivity index (χ1n) is 6.49. The van der Waals surface area contributed by atoms with Crippen LogP contribution in [0.1, 0.15) is 0 Å². The Bertz CT molecular complexity index is 907. The summed E-state index contributed by atoms with van der Waals surface area (Å²) >= 11 is 6.19. The molecule has 0 fully saturated rings. The minimum Gasteiger partial charge on any atom is -0.454 e. The van der Waals surface area contributed by atoms with Crippen molar-refractivity contribution in [2.45, 2.75) is 0 Å². The van der Waals surface area contributed by atoms with Crippen LogP contribution in [-0.4, -0.2) is 0 Å². The summed E-state index contributed by atoms with van der Waals surface area (Å²) in [5.41, 5.74) is 4.01. The predicted octanol–water partition coefficient (Wildman–Crippen LogP) is 5.91. The second-order valence-corrected chi connectivity index (χ2v) is 5.20. The molecule has 0 aliphatic heterocycles. The van der Waals surface area contributed by atoms with Gasteiger partial charge in [-0.05, 0) is 29.3 Å². The Balaban J connectivity index is 2.04. The lowest BCUT2D eigenvalue weighted by Gasteiger charge is -2.00. The second kappa shape index (κ2) is 4.39. The van der Waals surface area contributed by atoms with E-state index in [0.717, 1.165) is 21.9 Å². The number of halogens is 1. The number of hydrogen-bond acceptors (Lipinski definition) is 1. The van der Waals surface area contributed by atoms with Gasteiger partial charge in [-0.3, -0.25) is 0 Å². The Morgan fingerprint density at radius 2 is 1.55 bits per heavy atom. The van der Waals surface area contributed by atoms with Crippen LogP contribution in [0, 0.1) is 0 Å². The summed E-state index contributed by atoms with van der Waals surface area (Å²) in [4.78, 5) is 0. The quantitative estimate of drug-likeness (QED) is 0.422. The standard InChI is InChI=1S/C18H11ClO/c19-16-8-4-7-14-15-11-13(12-5-2-1-3-6-12)9-10-17(15)20-18(14)16/h1-11H. The first-order chi connectivity index (χ1) is 9.83. The highest BCUT2D eigenvalue weighted by atomic mass is 35.5. The molecule has 1 nitrogen and oxygen atoms in total. The molecule has 0 unspecified atom stereocenters. The normalized spacial score (nSPS) is 11.2. The molecule has 0 N–H and O–H groups in total. The maximum absolute atomic E-state index is 6.19. The molecular formula is C18H11ClO. The van der Waals surface area contributed by atoms with E-state index in [2.05, 4.69) is 24.3 Å². The lowest BCUT2D eigenvalue weighted by molar-refractivity contribution is 0.669. The van der Waals surface area contributed by atoms with E-state index in [4.69, 9.17) is 16.0 Å². The molecule has 2 heteroatoms. The molecule has 0 atom stereocenters. The minimum absolute atomic E-state index is 0.653. The molecule has 1 aromatic heterocycles. The molecule has 96 valence electrons. The molecule has 0 aliphatic rings. The molecule has 1 heterocycles. The molecule has 0 spiro atoms. The van der Waals surface area contributed by atoms with Crippen LogP contribution in [0.25, 0.3) is 33.1 Å². The third kappa shape index (κ3) is 1.71. The van der Waals surface area contributed by atoms with E-state index in [0.29, 0.717) is 5.02 Å². The molecule has 4 aromatic rings. The number of hydrogen-bond donors (Lipinski definition) is 0. The second-order valence-electron chi connectivity index (χ2n) is 4.80. The van der Waals surface area contributed by atoms with Crippen LogP contribution in [-0.2, 0) is 0 Å². The molecule has 3 aromatic carbocycles. The number of benzene rings is 3. The van der Waals surface area contributed by atoms with Gasteiger partial charge in [0, 0.05) is 10.8 Å². The fourth-order valence-electron chi connectivity index (χ4n) is 2.57. The Kier molecular flexibility index (Phi) is 2.54. The average Bonchev–Trinajstić information content (AvgIpc) is 2.88. The monoisotopic (exact) mass is 278 g/mol. The van der Waals surface area contributed by atoms with E-state index in [1.54, 1.807) is 0 Å². The number of fused-ring (bicyclic) bond motifs is 3. The lowest BCUT2D eigenvalue weighted by Crippen LogP contribution is -1.76. The first-order valence-corrected chi connectivity index (χ1v) is 6.87. The third-order valence-corrected chi connectivity index (χ3v) is 3.85. The number of furan rings is 1. The van der Waals surface area contributed by atoms with E-state index >= 15 is 0 Å². The Labute approximate surface area is 121 Å². The van der Waals surface area contributed by atoms with Crippen molar-refractivity contribution in [3.05, 3.63) is 71.8 Å². The highest BCUT2D eigenvalue weighted by molar-refractivity contribution is 6.35. The van der Waals surface area contributed by atoms with Gasteiger partial charge in [0.2, 0.25) is 0 Å². The fourth-order valence-corrected chi connectivity index (χ4v) is 2.79. The zero-order valence-electron chi connectivity index (χ0n) is 10.6. The van der Waals surface area contributed by atoms with Crippen molar-refractivity contribution in [3.63, 3.8) is 0 Å². The van der Waals surface area contributed by atoms with E-state index in [-0.39, 0.29) is 0 Å². The summed E-state index contributed by atoms with van der Waals surface area (Å²) in [6.45, 7) is 0. The molecule has 4 rings (SSSR count). The van der Waals surface area contributed by atoms with Crippen LogP contribution in [0.15, 0.2) is 71.1 Å². The summed E-state index contributed by atoms with van der Waals surface area (Å²) in [6, 6.07) is 22.4. The first kappa shape index (κ1) is 11.6. The predicted molar refractivity (Wildman–Crippen MR) is 84.2 cm³/mol. The average molecular weight is 279 g/mol. The van der Waals surface area contributed by atoms with Gasteiger partial charge in [0.25, 0.3) is 0 Å². The minimum atomic E-state index is 0.653. The van der Waals surface area contributed by atoms with Gasteiger partial charge in [-0.25, -0.2) is 0 Å². The van der Waals surface area contributed by atoms with Crippen LogP contribution >= 0.6 is 11.6 Å². The largest absolute Gasteiger partial charge is 0.454 e. The highest BCUT2D eigenvalue weighted by Gasteiger charge is 2.10. The molecule has 20 heavy (non-hydrogen) atoms. The molecule has 0 saturated carbocycles. The topological polar surface area (TPSA) is 13.1 Å². The van der Waals surface area contributed by atoms with E-state index < -0.39 is 0 Å². The summed E-state index contributed by atoms with van der Waals surface area (Å²) in [5, 5.41) is 2.81. The third-order valence-electron chi connectivity index (χ3n) is 3.56. The van der Waals surface area contributed by atoms with Crippen LogP contribution in [0.4, 0.5) is 0 Å². The van der Waals surface area contributed by atoms with Gasteiger partial charge in [-0.15, -0.1) is 0 Å². The lowest BCUT2D eigenvalue weighted by atomic mass is 10.0. The summed E-state index contributed by atoms with van der Waals surface area (Å²) in [5.74, 6) is 0. The Hall–Kier alpha value is -2.25. The van der Waals surface area contributed by atoms with Gasteiger partial charge in [0.05, 0.1) is 5.02 Å². The van der Waals surface area contributed by atoms with Gasteiger partial charge in [0.1, 0.15) is 5.58 Å². The molecule has 0 bridgehead atoms. The van der Waals surface area contributed by atoms with Crippen LogP contribution in [0.3, 0.4) is 0 Å². The summed E-state index contributed by atoms with van der Waals surface area (Å²) in [6.07, 6.45) is 0. The molecule has 0 amide bonds. The van der Waals surface area contributed by atoms with E-state index in [1.165, 1.54) is 11.1 Å².